The summed E-state index contributed by atoms with van der Waals surface area (Å²) in [4.78, 5) is 4.58. The fraction of sp³-hybridized carbons (Fsp3) is 0.667. The van der Waals surface area contributed by atoms with E-state index >= 15 is 0 Å². The second-order valence-electron chi connectivity index (χ2n) is 5.91. The van der Waals surface area contributed by atoms with Crippen molar-refractivity contribution in [2.24, 2.45) is 11.8 Å². The van der Waals surface area contributed by atoms with Crippen molar-refractivity contribution >= 4 is 5.95 Å². The summed E-state index contributed by atoms with van der Waals surface area (Å²) >= 11 is 0. The molecule has 1 aliphatic carbocycles. The summed E-state index contributed by atoms with van der Waals surface area (Å²) in [6.07, 6.45) is 7.87. The minimum absolute atomic E-state index is 0.564. The van der Waals surface area contributed by atoms with Crippen LogP contribution in [0.1, 0.15) is 38.8 Å². The summed E-state index contributed by atoms with van der Waals surface area (Å²) in [5.41, 5.74) is 1.07. The summed E-state index contributed by atoms with van der Waals surface area (Å²) in [5.74, 6) is 2.63. The third-order valence-electron chi connectivity index (χ3n) is 3.73. The highest BCUT2D eigenvalue weighted by Gasteiger charge is 2.24. The van der Waals surface area contributed by atoms with Crippen molar-refractivity contribution in [3.63, 3.8) is 0 Å². The van der Waals surface area contributed by atoms with Crippen LogP contribution < -0.4 is 5.32 Å². The minimum atomic E-state index is 0.564. The second kappa shape index (κ2) is 5.59. The predicted octanol–water partition coefficient (Wildman–Crippen LogP) is 3.61. The van der Waals surface area contributed by atoms with Gasteiger partial charge >= 0.3 is 0 Å². The Hall–Kier alpha value is -1.25. The van der Waals surface area contributed by atoms with Crippen LogP contribution in [0.2, 0.25) is 0 Å². The van der Waals surface area contributed by atoms with E-state index in [1.807, 2.05) is 13.0 Å². The Morgan fingerprint density at radius 2 is 2.06 bits per heavy atom. The van der Waals surface area contributed by atoms with Crippen molar-refractivity contribution in [2.75, 3.05) is 5.32 Å². The molecule has 1 N–H and O–H groups in total. The van der Waals surface area contributed by atoms with Crippen LogP contribution in [-0.4, -0.2) is 15.6 Å². The molecule has 2 unspecified atom stereocenters. The zero-order valence-corrected chi connectivity index (χ0v) is 11.8. The molecule has 1 aliphatic rings. The maximum Gasteiger partial charge on any atom is 0.203 e. The number of nitrogens with one attached hydrogen (secondary N) is 1. The maximum absolute atomic E-state index is 4.58. The average Bonchev–Trinajstić information content (AvgIpc) is 2.58. The fourth-order valence-electron chi connectivity index (χ4n) is 3.19. The van der Waals surface area contributed by atoms with Crippen LogP contribution in [-0.2, 0) is 6.54 Å². The Bertz CT molecular complexity index is 398. The van der Waals surface area contributed by atoms with Gasteiger partial charge in [-0.05, 0) is 38.0 Å². The smallest absolute Gasteiger partial charge is 0.203 e. The van der Waals surface area contributed by atoms with E-state index in [1.165, 1.54) is 19.3 Å². The van der Waals surface area contributed by atoms with Crippen molar-refractivity contribution in [2.45, 2.75) is 52.6 Å². The van der Waals surface area contributed by atoms with E-state index in [2.05, 4.69) is 41.5 Å². The van der Waals surface area contributed by atoms with Crippen LogP contribution in [0.4, 0.5) is 5.95 Å². The number of aryl methyl sites for hydroxylation is 1. The molecular weight excluding hydrogens is 222 g/mol. The summed E-state index contributed by atoms with van der Waals surface area (Å²) in [6.45, 7) is 11.4. The van der Waals surface area contributed by atoms with E-state index in [1.54, 1.807) is 0 Å². The third-order valence-corrected chi connectivity index (χ3v) is 3.73. The first-order chi connectivity index (χ1) is 8.58. The average molecular weight is 247 g/mol. The van der Waals surface area contributed by atoms with Gasteiger partial charge in [-0.15, -0.1) is 6.58 Å². The molecule has 3 nitrogen and oxygen atoms in total. The van der Waals surface area contributed by atoms with E-state index in [0.29, 0.717) is 6.04 Å². The van der Waals surface area contributed by atoms with Crippen LogP contribution in [0.5, 0.6) is 0 Å². The lowest BCUT2D eigenvalue weighted by atomic mass is 9.80. The molecule has 0 aliphatic heterocycles. The van der Waals surface area contributed by atoms with Crippen molar-refractivity contribution in [1.29, 1.82) is 0 Å². The molecule has 1 aromatic heterocycles. The van der Waals surface area contributed by atoms with Gasteiger partial charge in [0.05, 0.1) is 5.69 Å². The Kier molecular flexibility index (Phi) is 4.10. The first-order valence-electron chi connectivity index (χ1n) is 6.99. The highest BCUT2D eigenvalue weighted by Crippen LogP contribution is 2.30. The summed E-state index contributed by atoms with van der Waals surface area (Å²) in [6, 6.07) is 0.564. The molecule has 18 heavy (non-hydrogen) atoms. The van der Waals surface area contributed by atoms with Crippen molar-refractivity contribution in [1.82, 2.24) is 9.55 Å². The van der Waals surface area contributed by atoms with Gasteiger partial charge in [-0.25, -0.2) is 4.98 Å². The number of allylic oxidation sites excluding steroid dienone is 1. The number of anilines is 1. The largest absolute Gasteiger partial charge is 0.353 e. The van der Waals surface area contributed by atoms with Gasteiger partial charge in [0.15, 0.2) is 0 Å². The molecule has 3 heteroatoms. The summed E-state index contributed by atoms with van der Waals surface area (Å²) < 4.78 is 2.15. The van der Waals surface area contributed by atoms with Gasteiger partial charge in [-0.2, -0.15) is 0 Å². The van der Waals surface area contributed by atoms with Crippen LogP contribution in [0.15, 0.2) is 18.9 Å². The predicted molar refractivity (Wildman–Crippen MR) is 76.8 cm³/mol. The molecule has 0 bridgehead atoms. The molecule has 0 radical (unpaired) electrons. The second-order valence-corrected chi connectivity index (χ2v) is 5.91. The molecule has 1 heterocycles. The van der Waals surface area contributed by atoms with E-state index < -0.39 is 0 Å². The zero-order valence-electron chi connectivity index (χ0n) is 11.8. The van der Waals surface area contributed by atoms with Crippen LogP contribution in [0.25, 0.3) is 0 Å². The molecule has 0 aromatic carbocycles. The van der Waals surface area contributed by atoms with Crippen LogP contribution >= 0.6 is 0 Å². The van der Waals surface area contributed by atoms with E-state index in [0.717, 1.165) is 30.0 Å². The van der Waals surface area contributed by atoms with Crippen LogP contribution in [0, 0.1) is 18.8 Å². The molecule has 0 spiro atoms. The molecule has 100 valence electrons. The Labute approximate surface area is 110 Å². The Morgan fingerprint density at radius 3 is 2.67 bits per heavy atom. The SMILES string of the molecule is C=CCn1cc(C)nc1NC1CC(C)CC(C)C1. The number of rotatable bonds is 4. The normalized spacial score (nSPS) is 28.1. The van der Waals surface area contributed by atoms with E-state index in [4.69, 9.17) is 0 Å². The molecule has 1 saturated carbocycles. The molecule has 2 atom stereocenters. The molecule has 0 saturated heterocycles. The Balaban J connectivity index is 2.06. The lowest BCUT2D eigenvalue weighted by Gasteiger charge is -2.32. The first-order valence-corrected chi connectivity index (χ1v) is 6.99. The van der Waals surface area contributed by atoms with Gasteiger partial charge in [0.25, 0.3) is 0 Å². The van der Waals surface area contributed by atoms with Gasteiger partial charge in [0, 0.05) is 18.8 Å². The first kappa shape index (κ1) is 13.2. The highest BCUT2D eigenvalue weighted by atomic mass is 15.2. The topological polar surface area (TPSA) is 29.9 Å². The molecular formula is C15H25N3. The third kappa shape index (κ3) is 3.15. The van der Waals surface area contributed by atoms with Gasteiger partial charge in [0.1, 0.15) is 0 Å². The summed E-state index contributed by atoms with van der Waals surface area (Å²) in [7, 11) is 0. The van der Waals surface area contributed by atoms with Crippen LogP contribution in [0.3, 0.4) is 0 Å². The molecule has 1 fully saturated rings. The number of hydrogen-bond donors (Lipinski definition) is 1. The maximum atomic E-state index is 4.58. The van der Waals surface area contributed by atoms with Crippen molar-refractivity contribution < 1.29 is 0 Å². The molecule has 0 amide bonds. The monoisotopic (exact) mass is 247 g/mol. The number of hydrogen-bond acceptors (Lipinski definition) is 2. The quantitative estimate of drug-likeness (QED) is 0.824. The zero-order chi connectivity index (χ0) is 13.1. The van der Waals surface area contributed by atoms with Gasteiger partial charge in [0.2, 0.25) is 5.95 Å². The standard InChI is InChI=1S/C15H25N3/c1-5-6-18-10-13(4)16-15(18)17-14-8-11(2)7-12(3)9-14/h5,10-12,14H,1,6-9H2,2-4H3,(H,16,17). The lowest BCUT2D eigenvalue weighted by Crippen LogP contribution is -2.31. The Morgan fingerprint density at radius 1 is 1.39 bits per heavy atom. The number of nitrogens with zero attached hydrogens (tertiary/aromatic N) is 2. The highest BCUT2D eigenvalue weighted by molar-refractivity contribution is 5.31. The van der Waals surface area contributed by atoms with E-state index in [-0.39, 0.29) is 0 Å². The number of imidazole rings is 1. The molecule has 2 rings (SSSR count). The van der Waals surface area contributed by atoms with Gasteiger partial charge < -0.3 is 9.88 Å². The lowest BCUT2D eigenvalue weighted by molar-refractivity contribution is 0.280. The minimum Gasteiger partial charge on any atom is -0.353 e. The van der Waals surface area contributed by atoms with E-state index in [9.17, 15) is 0 Å². The molecule has 1 aromatic rings. The number of aromatic nitrogens is 2. The van der Waals surface area contributed by atoms with Crippen molar-refractivity contribution in [3.05, 3.63) is 24.5 Å². The summed E-state index contributed by atoms with van der Waals surface area (Å²) in [5, 5.41) is 3.62. The van der Waals surface area contributed by atoms with Gasteiger partial charge in [-0.3, -0.25) is 0 Å². The fourth-order valence-corrected chi connectivity index (χ4v) is 3.19. The van der Waals surface area contributed by atoms with Crippen molar-refractivity contribution in [3.8, 4) is 0 Å². The van der Waals surface area contributed by atoms with Gasteiger partial charge in [-0.1, -0.05) is 19.9 Å².